The number of aromatic nitrogens is 2. The molecular weight excluding hydrogens is 346 g/mol. The van der Waals surface area contributed by atoms with Crippen molar-refractivity contribution in [2.24, 2.45) is 0 Å². The zero-order valence-electron chi connectivity index (χ0n) is 15.4. The number of carbonyl (C=O) groups excluding carboxylic acids is 1. The quantitative estimate of drug-likeness (QED) is 0.806. The first-order chi connectivity index (χ1) is 12.8. The number of thiophene rings is 1. The van der Waals surface area contributed by atoms with E-state index in [9.17, 15) is 4.79 Å². The third-order valence-electron chi connectivity index (χ3n) is 5.66. The van der Waals surface area contributed by atoms with Crippen molar-refractivity contribution in [1.29, 1.82) is 0 Å². The summed E-state index contributed by atoms with van der Waals surface area (Å²) in [5.41, 5.74) is 2.74. The van der Waals surface area contributed by atoms with Gasteiger partial charge in [-0.2, -0.15) is 0 Å². The van der Waals surface area contributed by atoms with E-state index in [1.165, 1.54) is 24.0 Å². The lowest BCUT2D eigenvalue weighted by molar-refractivity contribution is 0.0706. The Bertz CT molecular complexity index is 767. The van der Waals surface area contributed by atoms with E-state index in [0.29, 0.717) is 12.5 Å². The molecule has 5 nitrogen and oxygen atoms in total. The van der Waals surface area contributed by atoms with Crippen LogP contribution >= 0.6 is 11.3 Å². The van der Waals surface area contributed by atoms with Crippen LogP contribution in [0.1, 0.15) is 58.2 Å². The molecule has 0 radical (unpaired) electrons. The molecule has 2 aliphatic rings. The van der Waals surface area contributed by atoms with E-state index in [0.717, 1.165) is 56.0 Å². The number of hydrogen-bond donors (Lipinski definition) is 0. The molecular formula is C20H27N3O2S. The van der Waals surface area contributed by atoms with Gasteiger partial charge in [0.15, 0.2) is 0 Å². The number of imidazole rings is 1. The number of piperidine rings is 1. The summed E-state index contributed by atoms with van der Waals surface area (Å²) >= 11 is 1.65. The molecule has 4 rings (SSSR count). The minimum atomic E-state index is 0.234. The molecule has 1 saturated heterocycles. The van der Waals surface area contributed by atoms with E-state index in [1.54, 1.807) is 18.4 Å². The highest BCUT2D eigenvalue weighted by Crippen LogP contribution is 2.33. The van der Waals surface area contributed by atoms with Crippen molar-refractivity contribution >= 4 is 17.2 Å². The molecule has 1 aliphatic carbocycles. The summed E-state index contributed by atoms with van der Waals surface area (Å²) in [6.45, 7) is 3.13. The number of carbonyl (C=O) groups is 1. The molecule has 3 heterocycles. The van der Waals surface area contributed by atoms with E-state index in [1.807, 2.05) is 12.4 Å². The summed E-state index contributed by atoms with van der Waals surface area (Å²) in [6, 6.07) is 0. The fourth-order valence-corrected chi connectivity index (χ4v) is 5.40. The second kappa shape index (κ2) is 7.92. The Kier molecular flexibility index (Phi) is 5.41. The van der Waals surface area contributed by atoms with Gasteiger partial charge in [-0.1, -0.05) is 0 Å². The Hall–Kier alpha value is -1.66. The number of aryl methyl sites for hydroxylation is 1. The van der Waals surface area contributed by atoms with Crippen molar-refractivity contribution in [3.05, 3.63) is 39.6 Å². The van der Waals surface area contributed by atoms with Crippen LogP contribution in [0, 0.1) is 0 Å². The monoisotopic (exact) mass is 373 g/mol. The maximum Gasteiger partial charge on any atom is 0.264 e. The van der Waals surface area contributed by atoms with Crippen LogP contribution in [-0.2, 0) is 24.1 Å². The van der Waals surface area contributed by atoms with Gasteiger partial charge < -0.3 is 14.2 Å². The first kappa shape index (κ1) is 17.7. The van der Waals surface area contributed by atoms with E-state index >= 15 is 0 Å². The second-order valence-corrected chi connectivity index (χ2v) is 8.22. The van der Waals surface area contributed by atoms with Crippen LogP contribution < -0.4 is 0 Å². The standard InChI is InChI=1S/C20H27N3O2S/c1-25-12-11-22-10-8-21-19(22)15-6-4-9-23(13-15)20(24)18-17-7-3-2-5-16(17)14-26-18/h8,10,14-15H,2-7,9,11-13H2,1H3/t15-/m0/s1. The van der Waals surface area contributed by atoms with Crippen LogP contribution in [0.2, 0.25) is 0 Å². The maximum atomic E-state index is 13.2. The Balaban J connectivity index is 1.49. The van der Waals surface area contributed by atoms with Gasteiger partial charge >= 0.3 is 0 Å². The molecule has 2 aromatic rings. The molecule has 0 spiro atoms. The Morgan fingerprint density at radius 2 is 2.23 bits per heavy atom. The fourth-order valence-electron chi connectivity index (χ4n) is 4.27. The Morgan fingerprint density at radius 3 is 3.12 bits per heavy atom. The van der Waals surface area contributed by atoms with Gasteiger partial charge in [0, 0.05) is 45.1 Å². The molecule has 140 valence electrons. The minimum Gasteiger partial charge on any atom is -0.383 e. The van der Waals surface area contributed by atoms with Crippen LogP contribution in [0.25, 0.3) is 0 Å². The molecule has 1 fully saturated rings. The largest absolute Gasteiger partial charge is 0.383 e. The number of hydrogen-bond acceptors (Lipinski definition) is 4. The molecule has 0 N–H and O–H groups in total. The first-order valence-electron chi connectivity index (χ1n) is 9.66. The summed E-state index contributed by atoms with van der Waals surface area (Å²) in [7, 11) is 1.72. The van der Waals surface area contributed by atoms with E-state index < -0.39 is 0 Å². The Morgan fingerprint density at radius 1 is 1.35 bits per heavy atom. The molecule has 1 atom stereocenters. The molecule has 0 saturated carbocycles. The van der Waals surface area contributed by atoms with E-state index in [2.05, 4.69) is 19.8 Å². The predicted molar refractivity (Wildman–Crippen MR) is 103 cm³/mol. The SMILES string of the molecule is COCCn1ccnc1[C@H]1CCCN(C(=O)c2scc3c2CCCC3)C1. The van der Waals surface area contributed by atoms with Gasteiger partial charge in [-0.3, -0.25) is 4.79 Å². The summed E-state index contributed by atoms with van der Waals surface area (Å²) in [4.78, 5) is 20.8. The van der Waals surface area contributed by atoms with Crippen LogP contribution in [0.5, 0.6) is 0 Å². The highest BCUT2D eigenvalue weighted by atomic mass is 32.1. The van der Waals surface area contributed by atoms with Gasteiger partial charge in [0.1, 0.15) is 5.82 Å². The van der Waals surface area contributed by atoms with Gasteiger partial charge in [-0.15, -0.1) is 11.3 Å². The number of rotatable bonds is 5. The molecule has 2 aromatic heterocycles. The first-order valence-corrected chi connectivity index (χ1v) is 10.5. The summed E-state index contributed by atoms with van der Waals surface area (Å²) in [6.07, 6.45) is 10.7. The zero-order valence-corrected chi connectivity index (χ0v) is 16.3. The van der Waals surface area contributed by atoms with E-state index in [-0.39, 0.29) is 5.91 Å². The predicted octanol–water partition coefficient (Wildman–Crippen LogP) is 3.49. The van der Waals surface area contributed by atoms with Crippen molar-refractivity contribution in [1.82, 2.24) is 14.5 Å². The summed E-state index contributed by atoms with van der Waals surface area (Å²) in [5.74, 6) is 1.64. The van der Waals surface area contributed by atoms with Gasteiger partial charge in [0.25, 0.3) is 5.91 Å². The molecule has 0 aromatic carbocycles. The average Bonchev–Trinajstić information content (AvgIpc) is 3.33. The van der Waals surface area contributed by atoms with Crippen LogP contribution in [-0.4, -0.2) is 47.2 Å². The summed E-state index contributed by atoms with van der Waals surface area (Å²) in [5, 5.41) is 2.21. The molecule has 1 aliphatic heterocycles. The van der Waals surface area contributed by atoms with E-state index in [4.69, 9.17) is 4.74 Å². The highest BCUT2D eigenvalue weighted by molar-refractivity contribution is 7.12. The van der Waals surface area contributed by atoms with Crippen molar-refractivity contribution in [3.63, 3.8) is 0 Å². The van der Waals surface area contributed by atoms with Gasteiger partial charge in [-0.25, -0.2) is 4.98 Å². The van der Waals surface area contributed by atoms with Gasteiger partial charge in [0.05, 0.1) is 11.5 Å². The summed E-state index contributed by atoms with van der Waals surface area (Å²) < 4.78 is 7.38. The molecule has 0 unspecified atom stereocenters. The Labute approximate surface area is 159 Å². The number of likely N-dealkylation sites (tertiary alicyclic amines) is 1. The van der Waals surface area contributed by atoms with Crippen molar-refractivity contribution in [3.8, 4) is 0 Å². The number of nitrogens with zero attached hydrogens (tertiary/aromatic N) is 3. The molecule has 1 amide bonds. The number of fused-ring (bicyclic) bond motifs is 1. The lowest BCUT2D eigenvalue weighted by Crippen LogP contribution is -2.40. The minimum absolute atomic E-state index is 0.234. The molecule has 26 heavy (non-hydrogen) atoms. The topological polar surface area (TPSA) is 47.4 Å². The normalized spacial score (nSPS) is 20.2. The smallest absolute Gasteiger partial charge is 0.264 e. The lowest BCUT2D eigenvalue weighted by Gasteiger charge is -2.33. The zero-order chi connectivity index (χ0) is 17.9. The number of ether oxygens (including phenoxy) is 1. The second-order valence-electron chi connectivity index (χ2n) is 7.34. The van der Waals surface area contributed by atoms with Gasteiger partial charge in [-0.05, 0) is 55.0 Å². The van der Waals surface area contributed by atoms with Crippen LogP contribution in [0.3, 0.4) is 0 Å². The number of methoxy groups -OCH3 is 1. The van der Waals surface area contributed by atoms with Crippen LogP contribution in [0.15, 0.2) is 17.8 Å². The third-order valence-corrected chi connectivity index (χ3v) is 6.71. The van der Waals surface area contributed by atoms with Crippen molar-refractivity contribution in [2.45, 2.75) is 51.0 Å². The van der Waals surface area contributed by atoms with Crippen LogP contribution in [0.4, 0.5) is 0 Å². The molecule has 6 heteroatoms. The highest BCUT2D eigenvalue weighted by Gasteiger charge is 2.30. The van der Waals surface area contributed by atoms with Gasteiger partial charge in [0.2, 0.25) is 0 Å². The van der Waals surface area contributed by atoms with Crippen molar-refractivity contribution in [2.75, 3.05) is 26.8 Å². The van der Waals surface area contributed by atoms with Crippen molar-refractivity contribution < 1.29 is 9.53 Å². The fraction of sp³-hybridized carbons (Fsp3) is 0.600. The lowest BCUT2D eigenvalue weighted by atomic mass is 9.93. The third kappa shape index (κ3) is 3.45. The number of amides is 1. The average molecular weight is 374 g/mol. The maximum absolute atomic E-state index is 13.2. The molecule has 0 bridgehead atoms.